The number of nitrogens with two attached hydrogens (primary N) is 1. The zero-order valence-electron chi connectivity index (χ0n) is 11.4. The number of benzene rings is 1. The zero-order valence-corrected chi connectivity index (χ0v) is 12.2. The number of ether oxygens (including phenoxy) is 2. The van der Waals surface area contributed by atoms with Crippen LogP contribution >= 0.6 is 11.3 Å². The van der Waals surface area contributed by atoms with Crippen molar-refractivity contribution in [1.82, 2.24) is 15.1 Å². The highest BCUT2D eigenvalue weighted by atomic mass is 32.1. The molecule has 2 N–H and O–H groups in total. The molecule has 108 valence electrons. The third-order valence-corrected chi connectivity index (χ3v) is 3.48. The molecule has 1 aromatic carbocycles. The fourth-order valence-corrected chi connectivity index (χ4v) is 2.34. The average Bonchev–Trinajstić information content (AvgIpc) is 3.15. The van der Waals surface area contributed by atoms with E-state index in [1.807, 2.05) is 6.07 Å². The summed E-state index contributed by atoms with van der Waals surface area (Å²) in [6.45, 7) is 0. The summed E-state index contributed by atoms with van der Waals surface area (Å²) in [4.78, 5) is 8.41. The number of anilines is 1. The maximum absolute atomic E-state index is 5.59. The molecule has 21 heavy (non-hydrogen) atoms. The van der Waals surface area contributed by atoms with Crippen molar-refractivity contribution in [2.24, 2.45) is 0 Å². The average molecular weight is 304 g/mol. The molecule has 0 spiro atoms. The van der Waals surface area contributed by atoms with Crippen LogP contribution in [0.2, 0.25) is 0 Å². The Morgan fingerprint density at radius 2 is 1.95 bits per heavy atom. The Balaban J connectivity index is 1.96. The molecule has 0 aliphatic rings. The summed E-state index contributed by atoms with van der Waals surface area (Å²) in [5, 5.41) is 6.16. The first-order valence-electron chi connectivity index (χ1n) is 5.98. The molecule has 0 unspecified atom stereocenters. The molecular weight excluding hydrogens is 292 g/mol. The second-order valence-electron chi connectivity index (χ2n) is 4.06. The highest BCUT2D eigenvalue weighted by molar-refractivity contribution is 7.13. The minimum atomic E-state index is 0.327. The molecule has 3 rings (SSSR count). The van der Waals surface area contributed by atoms with Gasteiger partial charge in [-0.25, -0.2) is 4.98 Å². The van der Waals surface area contributed by atoms with Gasteiger partial charge in [0, 0.05) is 10.9 Å². The van der Waals surface area contributed by atoms with Crippen molar-refractivity contribution in [1.29, 1.82) is 0 Å². The van der Waals surface area contributed by atoms with Crippen molar-refractivity contribution < 1.29 is 14.0 Å². The first-order chi connectivity index (χ1) is 10.2. The van der Waals surface area contributed by atoms with Gasteiger partial charge in [-0.3, -0.25) is 0 Å². The topological polar surface area (TPSA) is 96.3 Å². The maximum Gasteiger partial charge on any atom is 0.277 e. The summed E-state index contributed by atoms with van der Waals surface area (Å²) in [6.07, 6.45) is 0. The third-order valence-electron chi connectivity index (χ3n) is 2.81. The van der Waals surface area contributed by atoms with Gasteiger partial charge in [0.2, 0.25) is 5.82 Å². The van der Waals surface area contributed by atoms with Crippen LogP contribution in [0.15, 0.2) is 28.1 Å². The number of hydrogen-bond donors (Lipinski definition) is 1. The lowest BCUT2D eigenvalue weighted by Gasteiger charge is -2.07. The van der Waals surface area contributed by atoms with Gasteiger partial charge in [-0.15, -0.1) is 11.3 Å². The quantitative estimate of drug-likeness (QED) is 0.790. The maximum atomic E-state index is 5.59. The lowest BCUT2D eigenvalue weighted by molar-refractivity contribution is 0.355. The van der Waals surface area contributed by atoms with Gasteiger partial charge in [0.05, 0.1) is 14.2 Å². The number of nitrogens with zero attached hydrogens (tertiary/aromatic N) is 3. The molecule has 7 nitrogen and oxygen atoms in total. The Morgan fingerprint density at radius 3 is 2.62 bits per heavy atom. The van der Waals surface area contributed by atoms with Gasteiger partial charge in [-0.2, -0.15) is 4.98 Å². The van der Waals surface area contributed by atoms with E-state index < -0.39 is 0 Å². The Labute approximate surface area is 124 Å². The molecular formula is C13H12N4O3S. The summed E-state index contributed by atoms with van der Waals surface area (Å²) >= 11 is 1.32. The minimum Gasteiger partial charge on any atom is -0.493 e. The molecule has 0 amide bonds. The second kappa shape index (κ2) is 5.41. The second-order valence-corrected chi connectivity index (χ2v) is 4.95. The van der Waals surface area contributed by atoms with Crippen molar-refractivity contribution >= 4 is 16.5 Å². The smallest absolute Gasteiger partial charge is 0.277 e. The molecule has 0 radical (unpaired) electrons. The van der Waals surface area contributed by atoms with E-state index in [2.05, 4.69) is 15.1 Å². The first-order valence-corrected chi connectivity index (χ1v) is 6.86. The number of aromatic nitrogens is 3. The first kappa shape index (κ1) is 13.4. The summed E-state index contributed by atoms with van der Waals surface area (Å²) < 4.78 is 15.7. The number of thiazole rings is 1. The summed E-state index contributed by atoms with van der Waals surface area (Å²) in [5.41, 5.74) is 6.91. The van der Waals surface area contributed by atoms with E-state index >= 15 is 0 Å². The predicted molar refractivity (Wildman–Crippen MR) is 78.4 cm³/mol. The van der Waals surface area contributed by atoms with E-state index in [1.54, 1.807) is 31.7 Å². The van der Waals surface area contributed by atoms with Crippen LogP contribution < -0.4 is 15.2 Å². The lowest BCUT2D eigenvalue weighted by atomic mass is 10.2. The highest BCUT2D eigenvalue weighted by Gasteiger charge is 2.15. The van der Waals surface area contributed by atoms with Crippen LogP contribution in [-0.4, -0.2) is 29.3 Å². The number of hydrogen-bond acceptors (Lipinski definition) is 8. The standard InChI is InChI=1S/C13H12N4O3S/c1-18-9-4-3-7(5-10(9)19-2)11-16-12(20-17-11)8-6-21-13(14)15-8/h3-6H,1-2H3,(H2,14,15). The van der Waals surface area contributed by atoms with Gasteiger partial charge in [0.25, 0.3) is 5.89 Å². The SMILES string of the molecule is COc1ccc(-c2noc(-c3csc(N)n3)n2)cc1OC. The van der Waals surface area contributed by atoms with E-state index in [1.165, 1.54) is 11.3 Å². The third kappa shape index (κ3) is 2.52. The van der Waals surface area contributed by atoms with Crippen LogP contribution in [-0.2, 0) is 0 Å². The van der Waals surface area contributed by atoms with Crippen molar-refractivity contribution in [3.8, 4) is 34.5 Å². The molecule has 0 fully saturated rings. The van der Waals surface area contributed by atoms with E-state index in [-0.39, 0.29) is 0 Å². The highest BCUT2D eigenvalue weighted by Crippen LogP contribution is 2.32. The fourth-order valence-electron chi connectivity index (χ4n) is 1.81. The van der Waals surface area contributed by atoms with Gasteiger partial charge in [-0.1, -0.05) is 5.16 Å². The lowest BCUT2D eigenvalue weighted by Crippen LogP contribution is -1.91. The monoisotopic (exact) mass is 304 g/mol. The van der Waals surface area contributed by atoms with E-state index in [0.29, 0.717) is 34.0 Å². The fraction of sp³-hybridized carbons (Fsp3) is 0.154. The van der Waals surface area contributed by atoms with Crippen LogP contribution in [0.25, 0.3) is 23.0 Å². The molecule has 3 aromatic rings. The minimum absolute atomic E-state index is 0.327. The van der Waals surface area contributed by atoms with Crippen molar-refractivity contribution in [3.05, 3.63) is 23.6 Å². The molecule has 0 aliphatic carbocycles. The molecule has 2 heterocycles. The molecule has 0 saturated heterocycles. The Morgan fingerprint density at radius 1 is 1.14 bits per heavy atom. The Bertz CT molecular complexity index is 768. The normalized spacial score (nSPS) is 10.6. The Hall–Kier alpha value is -2.61. The molecule has 8 heteroatoms. The van der Waals surface area contributed by atoms with Gasteiger partial charge in [0.1, 0.15) is 5.69 Å². The van der Waals surface area contributed by atoms with Crippen molar-refractivity contribution in [3.63, 3.8) is 0 Å². The largest absolute Gasteiger partial charge is 0.493 e. The van der Waals surface area contributed by atoms with Crippen LogP contribution in [0, 0.1) is 0 Å². The van der Waals surface area contributed by atoms with Gasteiger partial charge < -0.3 is 19.7 Å². The van der Waals surface area contributed by atoms with E-state index in [4.69, 9.17) is 19.7 Å². The molecule has 0 atom stereocenters. The molecule has 0 aliphatic heterocycles. The van der Waals surface area contributed by atoms with E-state index in [0.717, 1.165) is 5.56 Å². The van der Waals surface area contributed by atoms with Crippen LogP contribution in [0.4, 0.5) is 5.13 Å². The predicted octanol–water partition coefficient (Wildman–Crippen LogP) is 2.46. The Kier molecular flexibility index (Phi) is 3.44. The van der Waals surface area contributed by atoms with Crippen LogP contribution in [0.1, 0.15) is 0 Å². The van der Waals surface area contributed by atoms with Gasteiger partial charge >= 0.3 is 0 Å². The summed E-state index contributed by atoms with van der Waals surface area (Å²) in [7, 11) is 3.15. The van der Waals surface area contributed by atoms with Gasteiger partial charge in [0.15, 0.2) is 16.6 Å². The molecule has 0 saturated carbocycles. The van der Waals surface area contributed by atoms with Crippen LogP contribution in [0.5, 0.6) is 11.5 Å². The van der Waals surface area contributed by atoms with Crippen molar-refractivity contribution in [2.75, 3.05) is 20.0 Å². The number of methoxy groups -OCH3 is 2. The summed E-state index contributed by atoms with van der Waals surface area (Å²) in [6, 6.07) is 5.39. The number of nitrogen functional groups attached to an aromatic ring is 1. The van der Waals surface area contributed by atoms with Gasteiger partial charge in [-0.05, 0) is 18.2 Å². The molecule has 0 bridgehead atoms. The summed E-state index contributed by atoms with van der Waals surface area (Å²) in [5.74, 6) is 2.00. The zero-order chi connectivity index (χ0) is 14.8. The van der Waals surface area contributed by atoms with E-state index in [9.17, 15) is 0 Å². The van der Waals surface area contributed by atoms with Crippen LogP contribution in [0.3, 0.4) is 0 Å². The van der Waals surface area contributed by atoms with Crippen molar-refractivity contribution in [2.45, 2.75) is 0 Å². The molecule has 2 aromatic heterocycles. The number of rotatable bonds is 4.